The summed E-state index contributed by atoms with van der Waals surface area (Å²) in [5.41, 5.74) is -0.547. The van der Waals surface area contributed by atoms with Crippen LogP contribution in [0.5, 0.6) is 0 Å². The summed E-state index contributed by atoms with van der Waals surface area (Å²) in [7, 11) is 0. The highest BCUT2D eigenvalue weighted by Crippen LogP contribution is 2.27. The van der Waals surface area contributed by atoms with E-state index in [1.54, 1.807) is 20.8 Å². The van der Waals surface area contributed by atoms with Gasteiger partial charge in [0, 0.05) is 38.5 Å². The summed E-state index contributed by atoms with van der Waals surface area (Å²) in [6.45, 7) is 7.07. The van der Waals surface area contributed by atoms with Crippen LogP contribution in [0.15, 0.2) is 0 Å². The molecule has 0 bridgehead atoms. The molecule has 3 amide bonds. The van der Waals surface area contributed by atoms with E-state index < -0.39 is 11.7 Å². The molecule has 0 radical (unpaired) electrons. The molecule has 0 aromatic rings. The largest absolute Gasteiger partial charge is 0.444 e. The topological polar surface area (TPSA) is 87.7 Å². The molecule has 28 heavy (non-hydrogen) atoms. The zero-order chi connectivity index (χ0) is 20.6. The van der Waals surface area contributed by atoms with Gasteiger partial charge < -0.3 is 20.3 Å². The number of ether oxygens (including phenoxy) is 1. The number of hydrogen-bond donors (Lipinski definition) is 2. The van der Waals surface area contributed by atoms with Gasteiger partial charge in [-0.15, -0.1) is 0 Å². The summed E-state index contributed by atoms with van der Waals surface area (Å²) < 4.78 is 5.14. The molecule has 7 heteroatoms. The molecule has 2 fully saturated rings. The molecule has 0 aromatic carbocycles. The van der Waals surface area contributed by atoms with Crippen LogP contribution in [0.25, 0.3) is 0 Å². The Morgan fingerprint density at radius 2 is 1.64 bits per heavy atom. The van der Waals surface area contributed by atoms with E-state index in [4.69, 9.17) is 4.74 Å². The second-order valence-corrected chi connectivity index (χ2v) is 9.11. The molecule has 0 atom stereocenters. The van der Waals surface area contributed by atoms with Gasteiger partial charge in [0.2, 0.25) is 11.8 Å². The Labute approximate surface area is 168 Å². The maximum Gasteiger partial charge on any atom is 0.407 e. The lowest BCUT2D eigenvalue weighted by Gasteiger charge is -2.33. The van der Waals surface area contributed by atoms with E-state index in [1.807, 2.05) is 4.90 Å². The lowest BCUT2D eigenvalue weighted by Crippen LogP contribution is -2.47. The highest BCUT2D eigenvalue weighted by atomic mass is 16.6. The van der Waals surface area contributed by atoms with E-state index in [0.717, 1.165) is 12.8 Å². The molecule has 2 rings (SSSR count). The van der Waals surface area contributed by atoms with Gasteiger partial charge in [0.25, 0.3) is 0 Å². The highest BCUT2D eigenvalue weighted by Gasteiger charge is 2.26. The molecule has 2 N–H and O–H groups in total. The lowest BCUT2D eigenvalue weighted by molar-refractivity contribution is -0.133. The Morgan fingerprint density at radius 3 is 2.25 bits per heavy atom. The number of alkyl carbamates (subject to hydrolysis) is 1. The van der Waals surface area contributed by atoms with Crippen LogP contribution in [0.4, 0.5) is 4.79 Å². The van der Waals surface area contributed by atoms with Crippen molar-refractivity contribution in [2.45, 2.75) is 90.2 Å². The van der Waals surface area contributed by atoms with Gasteiger partial charge in [-0.1, -0.05) is 19.3 Å². The highest BCUT2D eigenvalue weighted by molar-refractivity contribution is 5.78. The Morgan fingerprint density at radius 1 is 1.00 bits per heavy atom. The van der Waals surface area contributed by atoms with Crippen molar-refractivity contribution >= 4 is 17.9 Å². The molecule has 1 aliphatic heterocycles. The van der Waals surface area contributed by atoms with Crippen LogP contribution in [0.1, 0.15) is 78.6 Å². The standard InChI is InChI=1S/C21H37N3O4/c1-21(2,3)28-20(27)22-12-9-18(25)23-17-10-13-24(14-11-17)19(26)15-16-7-5-4-6-8-16/h16-17H,4-15H2,1-3H3,(H,22,27)(H,23,25). The van der Waals surface area contributed by atoms with Crippen molar-refractivity contribution < 1.29 is 19.1 Å². The minimum absolute atomic E-state index is 0.0805. The molecule has 1 heterocycles. The second kappa shape index (κ2) is 10.7. The zero-order valence-electron chi connectivity index (χ0n) is 17.7. The Hall–Kier alpha value is -1.79. The Bertz CT molecular complexity index is 530. The van der Waals surface area contributed by atoms with Crippen molar-refractivity contribution in [3.8, 4) is 0 Å². The minimum Gasteiger partial charge on any atom is -0.444 e. The van der Waals surface area contributed by atoms with Crippen molar-refractivity contribution in [3.05, 3.63) is 0 Å². The summed E-state index contributed by atoms with van der Waals surface area (Å²) in [5, 5.41) is 5.61. The van der Waals surface area contributed by atoms with Crippen LogP contribution < -0.4 is 10.6 Å². The van der Waals surface area contributed by atoms with Gasteiger partial charge in [-0.05, 0) is 52.4 Å². The summed E-state index contributed by atoms with van der Waals surface area (Å²) in [6, 6.07) is 0.104. The third kappa shape index (κ3) is 8.48. The molecular weight excluding hydrogens is 358 g/mol. The number of carbonyl (C=O) groups excluding carboxylic acids is 3. The third-order valence-electron chi connectivity index (χ3n) is 5.42. The van der Waals surface area contributed by atoms with Crippen molar-refractivity contribution in [3.63, 3.8) is 0 Å². The van der Waals surface area contributed by atoms with Gasteiger partial charge in [0.05, 0.1) is 0 Å². The maximum atomic E-state index is 12.5. The van der Waals surface area contributed by atoms with Crippen molar-refractivity contribution in [2.75, 3.05) is 19.6 Å². The summed E-state index contributed by atoms with van der Waals surface area (Å²) in [6.07, 6.45) is 8.19. The van der Waals surface area contributed by atoms with Gasteiger partial charge >= 0.3 is 6.09 Å². The number of nitrogens with one attached hydrogen (secondary N) is 2. The number of piperidine rings is 1. The van der Waals surface area contributed by atoms with Crippen molar-refractivity contribution in [2.24, 2.45) is 5.92 Å². The first-order chi connectivity index (χ1) is 13.2. The van der Waals surface area contributed by atoms with Crippen LogP contribution in [-0.2, 0) is 14.3 Å². The smallest absolute Gasteiger partial charge is 0.407 e. The molecule has 7 nitrogen and oxygen atoms in total. The molecule has 1 saturated carbocycles. The lowest BCUT2D eigenvalue weighted by atomic mass is 9.86. The average molecular weight is 396 g/mol. The van der Waals surface area contributed by atoms with E-state index in [2.05, 4.69) is 10.6 Å². The number of amides is 3. The SMILES string of the molecule is CC(C)(C)OC(=O)NCCC(=O)NC1CCN(C(=O)CC2CCCCC2)CC1. The van der Waals surface area contributed by atoms with Gasteiger partial charge in [-0.25, -0.2) is 4.79 Å². The monoisotopic (exact) mass is 395 g/mol. The van der Waals surface area contributed by atoms with Crippen LogP contribution in [-0.4, -0.2) is 54.1 Å². The predicted octanol–water partition coefficient (Wildman–Crippen LogP) is 2.98. The molecule has 0 aromatic heterocycles. The van der Waals surface area contributed by atoms with E-state index in [1.165, 1.54) is 32.1 Å². The zero-order valence-corrected chi connectivity index (χ0v) is 17.7. The molecule has 1 aliphatic carbocycles. The van der Waals surface area contributed by atoms with Crippen LogP contribution >= 0.6 is 0 Å². The van der Waals surface area contributed by atoms with E-state index in [0.29, 0.717) is 25.4 Å². The fourth-order valence-corrected chi connectivity index (χ4v) is 3.93. The minimum atomic E-state index is -0.547. The summed E-state index contributed by atoms with van der Waals surface area (Å²) >= 11 is 0. The molecule has 1 saturated heterocycles. The van der Waals surface area contributed by atoms with Crippen LogP contribution in [0.3, 0.4) is 0 Å². The Kier molecular flexibility index (Phi) is 8.58. The first-order valence-electron chi connectivity index (χ1n) is 10.8. The summed E-state index contributed by atoms with van der Waals surface area (Å²) in [5.74, 6) is 0.762. The van der Waals surface area contributed by atoms with Crippen LogP contribution in [0.2, 0.25) is 0 Å². The van der Waals surface area contributed by atoms with E-state index in [-0.39, 0.29) is 30.8 Å². The fourth-order valence-electron chi connectivity index (χ4n) is 3.93. The quantitative estimate of drug-likeness (QED) is 0.724. The average Bonchev–Trinajstić information content (AvgIpc) is 2.61. The first-order valence-corrected chi connectivity index (χ1v) is 10.8. The van der Waals surface area contributed by atoms with Crippen LogP contribution in [0, 0.1) is 5.92 Å². The van der Waals surface area contributed by atoms with Gasteiger partial charge in [-0.3, -0.25) is 9.59 Å². The maximum absolute atomic E-state index is 12.5. The molecule has 160 valence electrons. The number of likely N-dealkylation sites (tertiary alicyclic amines) is 1. The normalized spacial score (nSPS) is 19.2. The number of carbonyl (C=O) groups is 3. The number of rotatable bonds is 6. The van der Waals surface area contributed by atoms with Gasteiger partial charge in [-0.2, -0.15) is 0 Å². The molecule has 0 spiro atoms. The number of nitrogens with zero attached hydrogens (tertiary/aromatic N) is 1. The molecule has 0 unspecified atom stereocenters. The number of hydrogen-bond acceptors (Lipinski definition) is 4. The van der Waals surface area contributed by atoms with E-state index >= 15 is 0 Å². The molecule has 2 aliphatic rings. The van der Waals surface area contributed by atoms with Crippen molar-refractivity contribution in [1.82, 2.24) is 15.5 Å². The van der Waals surface area contributed by atoms with E-state index in [9.17, 15) is 14.4 Å². The van der Waals surface area contributed by atoms with Crippen molar-refractivity contribution in [1.29, 1.82) is 0 Å². The first kappa shape index (κ1) is 22.5. The molecular formula is C21H37N3O4. The van der Waals surface area contributed by atoms with Gasteiger partial charge in [0.1, 0.15) is 5.60 Å². The fraction of sp³-hybridized carbons (Fsp3) is 0.857. The second-order valence-electron chi connectivity index (χ2n) is 9.11. The summed E-state index contributed by atoms with van der Waals surface area (Å²) in [4.78, 5) is 38.1. The Balaban J connectivity index is 1.59. The third-order valence-corrected chi connectivity index (χ3v) is 5.42. The van der Waals surface area contributed by atoms with Gasteiger partial charge in [0.15, 0.2) is 0 Å². The predicted molar refractivity (Wildman–Crippen MR) is 108 cm³/mol.